The van der Waals surface area contributed by atoms with Crippen LogP contribution in [-0.2, 0) is 4.84 Å². The standard InChI is InChI=1S/C17H30N2O/c1-4-11-19(12-5-2)15-9-10-16-14(13-15)7-6-8-17(16)18-20-3/h15H,4-13H2,1-3H3/b18-17+/t15-/m1/s1. The van der Waals surface area contributed by atoms with E-state index in [4.69, 9.17) is 4.84 Å². The highest BCUT2D eigenvalue weighted by Crippen LogP contribution is 2.36. The second-order valence-electron chi connectivity index (χ2n) is 6.09. The molecule has 0 fully saturated rings. The van der Waals surface area contributed by atoms with Gasteiger partial charge in [-0.2, -0.15) is 0 Å². The average molecular weight is 278 g/mol. The molecule has 0 heterocycles. The molecule has 3 nitrogen and oxygen atoms in total. The number of allylic oxidation sites excluding steroid dienone is 1. The molecule has 0 unspecified atom stereocenters. The minimum atomic E-state index is 0.760. The second kappa shape index (κ2) is 7.82. The molecule has 0 aromatic carbocycles. The first-order valence-corrected chi connectivity index (χ1v) is 8.35. The molecule has 2 rings (SSSR count). The van der Waals surface area contributed by atoms with Gasteiger partial charge >= 0.3 is 0 Å². The van der Waals surface area contributed by atoms with Gasteiger partial charge in [-0.3, -0.25) is 0 Å². The van der Waals surface area contributed by atoms with Crippen molar-refractivity contribution in [3.63, 3.8) is 0 Å². The highest BCUT2D eigenvalue weighted by Gasteiger charge is 2.29. The fourth-order valence-corrected chi connectivity index (χ4v) is 3.79. The summed E-state index contributed by atoms with van der Waals surface area (Å²) in [4.78, 5) is 7.74. The molecule has 2 aliphatic rings. The minimum Gasteiger partial charge on any atom is -0.399 e. The first kappa shape index (κ1) is 15.6. The fourth-order valence-electron chi connectivity index (χ4n) is 3.79. The quantitative estimate of drug-likeness (QED) is 0.682. The first-order valence-electron chi connectivity index (χ1n) is 8.35. The van der Waals surface area contributed by atoms with E-state index in [-0.39, 0.29) is 0 Å². The largest absolute Gasteiger partial charge is 0.399 e. The van der Waals surface area contributed by atoms with Gasteiger partial charge in [0, 0.05) is 6.04 Å². The fraction of sp³-hybridized carbons (Fsp3) is 0.824. The predicted molar refractivity (Wildman–Crippen MR) is 85.1 cm³/mol. The molecule has 0 amide bonds. The van der Waals surface area contributed by atoms with E-state index in [2.05, 4.69) is 23.9 Å². The van der Waals surface area contributed by atoms with Crippen LogP contribution in [0.4, 0.5) is 0 Å². The summed E-state index contributed by atoms with van der Waals surface area (Å²) in [6, 6.07) is 0.760. The Balaban J connectivity index is 2.08. The van der Waals surface area contributed by atoms with E-state index in [1.807, 2.05) is 0 Å². The molecular formula is C17H30N2O. The molecule has 20 heavy (non-hydrogen) atoms. The number of rotatable bonds is 6. The summed E-state index contributed by atoms with van der Waals surface area (Å²) >= 11 is 0. The Morgan fingerprint density at radius 1 is 1.15 bits per heavy atom. The van der Waals surface area contributed by atoms with Crippen LogP contribution in [0.3, 0.4) is 0 Å². The lowest BCUT2D eigenvalue weighted by Gasteiger charge is -2.37. The summed E-state index contributed by atoms with van der Waals surface area (Å²) in [5.41, 5.74) is 4.42. The summed E-state index contributed by atoms with van der Waals surface area (Å²) in [5.74, 6) is 0. The van der Waals surface area contributed by atoms with E-state index < -0.39 is 0 Å². The lowest BCUT2D eigenvalue weighted by molar-refractivity contribution is 0.178. The van der Waals surface area contributed by atoms with E-state index in [9.17, 15) is 0 Å². The summed E-state index contributed by atoms with van der Waals surface area (Å²) < 4.78 is 0. The van der Waals surface area contributed by atoms with Gasteiger partial charge in [-0.15, -0.1) is 0 Å². The lowest BCUT2D eigenvalue weighted by atomic mass is 9.78. The van der Waals surface area contributed by atoms with Gasteiger partial charge in [0.15, 0.2) is 0 Å². The normalized spacial score (nSPS) is 25.2. The molecule has 0 aliphatic heterocycles. The van der Waals surface area contributed by atoms with Crippen LogP contribution in [0.5, 0.6) is 0 Å². The summed E-state index contributed by atoms with van der Waals surface area (Å²) in [7, 11) is 1.66. The van der Waals surface area contributed by atoms with Crippen LogP contribution in [-0.4, -0.2) is 36.9 Å². The van der Waals surface area contributed by atoms with Gasteiger partial charge in [0.25, 0.3) is 0 Å². The summed E-state index contributed by atoms with van der Waals surface area (Å²) in [6.45, 7) is 7.08. The van der Waals surface area contributed by atoms with Crippen LogP contribution in [0, 0.1) is 0 Å². The third-order valence-corrected chi connectivity index (χ3v) is 4.62. The maximum absolute atomic E-state index is 5.03. The highest BCUT2D eigenvalue weighted by atomic mass is 16.6. The van der Waals surface area contributed by atoms with Gasteiger partial charge in [-0.1, -0.05) is 24.6 Å². The van der Waals surface area contributed by atoms with Crippen molar-refractivity contribution in [1.82, 2.24) is 4.90 Å². The molecule has 0 N–H and O–H groups in total. The van der Waals surface area contributed by atoms with Crippen molar-refractivity contribution < 1.29 is 4.84 Å². The molecule has 0 aromatic heterocycles. The molecule has 0 saturated carbocycles. The predicted octanol–water partition coefficient (Wildman–Crippen LogP) is 4.14. The van der Waals surface area contributed by atoms with Crippen LogP contribution in [0.25, 0.3) is 0 Å². The SMILES string of the molecule is CCCN(CCC)[C@@H]1CCC2=C(CCC/C2=N\OC)C1. The Labute approximate surface area is 124 Å². The second-order valence-corrected chi connectivity index (χ2v) is 6.09. The molecule has 0 aromatic rings. The molecule has 0 radical (unpaired) electrons. The van der Waals surface area contributed by atoms with E-state index in [1.165, 1.54) is 69.3 Å². The molecular weight excluding hydrogens is 248 g/mol. The van der Waals surface area contributed by atoms with Crippen molar-refractivity contribution in [2.24, 2.45) is 5.16 Å². The van der Waals surface area contributed by atoms with E-state index in [0.29, 0.717) is 0 Å². The van der Waals surface area contributed by atoms with Crippen LogP contribution in [0.1, 0.15) is 65.2 Å². The maximum atomic E-state index is 5.03. The van der Waals surface area contributed by atoms with E-state index in [0.717, 1.165) is 12.5 Å². The van der Waals surface area contributed by atoms with Crippen LogP contribution >= 0.6 is 0 Å². The van der Waals surface area contributed by atoms with Gasteiger partial charge in [0.1, 0.15) is 7.11 Å². The minimum absolute atomic E-state index is 0.760. The zero-order valence-electron chi connectivity index (χ0n) is 13.5. The van der Waals surface area contributed by atoms with Gasteiger partial charge in [0.05, 0.1) is 5.71 Å². The zero-order valence-corrected chi connectivity index (χ0v) is 13.5. The Kier molecular flexibility index (Phi) is 6.08. The topological polar surface area (TPSA) is 24.8 Å². The third-order valence-electron chi connectivity index (χ3n) is 4.62. The number of nitrogens with zero attached hydrogens (tertiary/aromatic N) is 2. The lowest BCUT2D eigenvalue weighted by Crippen LogP contribution is -2.39. The summed E-state index contributed by atoms with van der Waals surface area (Å²) in [5, 5.41) is 4.26. The number of oxime groups is 1. The third kappa shape index (κ3) is 3.63. The average Bonchev–Trinajstić information content (AvgIpc) is 2.47. The summed E-state index contributed by atoms with van der Waals surface area (Å²) in [6.07, 6.45) is 9.91. The van der Waals surface area contributed by atoms with Crippen molar-refractivity contribution in [2.75, 3.05) is 20.2 Å². The first-order chi connectivity index (χ1) is 9.80. The molecule has 0 saturated heterocycles. The van der Waals surface area contributed by atoms with Crippen LogP contribution in [0.15, 0.2) is 16.3 Å². The monoisotopic (exact) mass is 278 g/mol. The maximum Gasteiger partial charge on any atom is 0.106 e. The molecule has 114 valence electrons. The molecule has 3 heteroatoms. The van der Waals surface area contributed by atoms with Crippen LogP contribution < -0.4 is 0 Å². The van der Waals surface area contributed by atoms with Crippen molar-refractivity contribution in [2.45, 2.75) is 71.3 Å². The molecule has 2 aliphatic carbocycles. The Bertz CT molecular complexity index is 367. The Morgan fingerprint density at radius 3 is 2.55 bits per heavy atom. The van der Waals surface area contributed by atoms with Crippen molar-refractivity contribution in [1.29, 1.82) is 0 Å². The van der Waals surface area contributed by atoms with Gasteiger partial charge < -0.3 is 9.74 Å². The number of hydrogen-bond donors (Lipinski definition) is 0. The van der Waals surface area contributed by atoms with Gasteiger partial charge in [0.2, 0.25) is 0 Å². The molecule has 1 atom stereocenters. The van der Waals surface area contributed by atoms with Crippen molar-refractivity contribution in [3.05, 3.63) is 11.1 Å². The van der Waals surface area contributed by atoms with Gasteiger partial charge in [-0.25, -0.2) is 0 Å². The number of hydrogen-bond acceptors (Lipinski definition) is 3. The van der Waals surface area contributed by atoms with Crippen molar-refractivity contribution >= 4 is 5.71 Å². The molecule has 0 spiro atoms. The highest BCUT2D eigenvalue weighted by molar-refractivity contribution is 6.01. The van der Waals surface area contributed by atoms with Crippen molar-refractivity contribution in [3.8, 4) is 0 Å². The van der Waals surface area contributed by atoms with E-state index >= 15 is 0 Å². The zero-order chi connectivity index (χ0) is 14.4. The van der Waals surface area contributed by atoms with Crippen LogP contribution in [0.2, 0.25) is 0 Å². The Hall–Kier alpha value is -0.830. The Morgan fingerprint density at radius 2 is 1.90 bits per heavy atom. The molecule has 0 bridgehead atoms. The van der Waals surface area contributed by atoms with Gasteiger partial charge in [-0.05, 0) is 70.0 Å². The van der Waals surface area contributed by atoms with E-state index in [1.54, 1.807) is 12.7 Å². The smallest absolute Gasteiger partial charge is 0.106 e.